The molecule has 0 saturated carbocycles. The predicted molar refractivity (Wildman–Crippen MR) is 114 cm³/mol. The van der Waals surface area contributed by atoms with Crippen LogP contribution in [0.4, 0.5) is 11.4 Å². The Kier molecular flexibility index (Phi) is 6.15. The quantitative estimate of drug-likeness (QED) is 0.827. The zero-order valence-corrected chi connectivity index (χ0v) is 16.9. The van der Waals surface area contributed by atoms with E-state index < -0.39 is 5.41 Å². The number of aryl methyl sites for hydroxylation is 1. The van der Waals surface area contributed by atoms with Gasteiger partial charge in [-0.25, -0.2) is 0 Å². The highest BCUT2D eigenvalue weighted by Gasteiger charge is 2.42. The average Bonchev–Trinajstić information content (AvgIpc) is 2.71. The second kappa shape index (κ2) is 8.57. The van der Waals surface area contributed by atoms with Gasteiger partial charge >= 0.3 is 0 Å². The van der Waals surface area contributed by atoms with E-state index in [0.29, 0.717) is 12.1 Å². The van der Waals surface area contributed by atoms with Crippen molar-refractivity contribution in [2.24, 2.45) is 0 Å². The molecule has 0 spiro atoms. The Balaban J connectivity index is 1.89. The summed E-state index contributed by atoms with van der Waals surface area (Å²) in [7, 11) is 2.09. The molecule has 0 aliphatic carbocycles. The van der Waals surface area contributed by atoms with Crippen molar-refractivity contribution in [1.82, 2.24) is 4.90 Å². The van der Waals surface area contributed by atoms with E-state index in [1.54, 1.807) is 0 Å². The summed E-state index contributed by atoms with van der Waals surface area (Å²) in [5.41, 5.74) is 2.94. The molecular weight excluding hydrogens is 350 g/mol. The first kappa shape index (κ1) is 20.1. The molecule has 0 aromatic heterocycles. The molecule has 28 heavy (non-hydrogen) atoms. The molecule has 2 amide bonds. The van der Waals surface area contributed by atoms with Crippen LogP contribution in [0.3, 0.4) is 0 Å². The first-order valence-electron chi connectivity index (χ1n) is 9.90. The van der Waals surface area contributed by atoms with Gasteiger partial charge in [0.2, 0.25) is 11.8 Å². The van der Waals surface area contributed by atoms with Crippen molar-refractivity contribution in [3.05, 3.63) is 59.7 Å². The van der Waals surface area contributed by atoms with Gasteiger partial charge in [0.25, 0.3) is 0 Å². The molecule has 1 fully saturated rings. The van der Waals surface area contributed by atoms with Crippen LogP contribution >= 0.6 is 0 Å². The highest BCUT2D eigenvalue weighted by molar-refractivity contribution is 6.00. The Labute approximate surface area is 167 Å². The molecule has 0 bridgehead atoms. The van der Waals surface area contributed by atoms with Crippen molar-refractivity contribution >= 4 is 23.2 Å². The monoisotopic (exact) mass is 379 g/mol. The maximum Gasteiger partial charge on any atom is 0.235 e. The summed E-state index contributed by atoms with van der Waals surface area (Å²) in [6.07, 6.45) is 1.98. The highest BCUT2D eigenvalue weighted by Crippen LogP contribution is 2.37. The molecule has 0 unspecified atom stereocenters. The van der Waals surface area contributed by atoms with Crippen molar-refractivity contribution in [1.29, 1.82) is 0 Å². The molecule has 148 valence electrons. The third-order valence-electron chi connectivity index (χ3n) is 5.69. The number of rotatable bonds is 5. The fraction of sp³-hybridized carbons (Fsp3) is 0.391. The van der Waals surface area contributed by atoms with E-state index in [0.717, 1.165) is 42.7 Å². The third kappa shape index (κ3) is 4.25. The Morgan fingerprint density at radius 1 is 1.04 bits per heavy atom. The van der Waals surface area contributed by atoms with Gasteiger partial charge in [-0.1, -0.05) is 43.3 Å². The molecule has 1 aliphatic heterocycles. The first-order valence-corrected chi connectivity index (χ1v) is 9.90. The zero-order chi connectivity index (χ0) is 20.1. The van der Waals surface area contributed by atoms with E-state index in [1.165, 1.54) is 0 Å². The number of carbonyl (C=O) groups excluding carboxylic acids is 2. The topological polar surface area (TPSA) is 61.4 Å². The Bertz CT molecular complexity index is 840. The minimum atomic E-state index is -0.539. The number of benzene rings is 2. The minimum absolute atomic E-state index is 0.0221. The molecule has 2 aromatic rings. The summed E-state index contributed by atoms with van der Waals surface area (Å²) in [6, 6.07) is 15.7. The van der Waals surface area contributed by atoms with Gasteiger partial charge in [0, 0.05) is 17.8 Å². The fourth-order valence-electron chi connectivity index (χ4n) is 3.73. The van der Waals surface area contributed by atoms with Crippen molar-refractivity contribution in [3.8, 4) is 0 Å². The molecule has 1 aliphatic rings. The predicted octanol–water partition coefficient (Wildman–Crippen LogP) is 3.95. The largest absolute Gasteiger partial charge is 0.326 e. The Morgan fingerprint density at radius 2 is 1.71 bits per heavy atom. The molecule has 5 heteroatoms. The van der Waals surface area contributed by atoms with Gasteiger partial charge in [0.1, 0.15) is 0 Å². The van der Waals surface area contributed by atoms with Gasteiger partial charge < -0.3 is 15.5 Å². The lowest BCUT2D eigenvalue weighted by molar-refractivity contribution is -0.123. The van der Waals surface area contributed by atoms with Gasteiger partial charge in [-0.2, -0.15) is 0 Å². The van der Waals surface area contributed by atoms with Crippen LogP contribution in [0.15, 0.2) is 48.5 Å². The SMILES string of the molecule is CCC(=O)Nc1ccc(C)c(NC(=O)C2(c3ccccc3)CCN(C)CC2)c1. The van der Waals surface area contributed by atoms with Crippen LogP contribution in [-0.2, 0) is 15.0 Å². The fourth-order valence-corrected chi connectivity index (χ4v) is 3.73. The normalized spacial score (nSPS) is 16.4. The van der Waals surface area contributed by atoms with Crippen LogP contribution in [0.25, 0.3) is 0 Å². The number of hydrogen-bond acceptors (Lipinski definition) is 3. The number of carbonyl (C=O) groups is 2. The van der Waals surface area contributed by atoms with Gasteiger partial charge in [0.15, 0.2) is 0 Å². The molecule has 2 N–H and O–H groups in total. The van der Waals surface area contributed by atoms with E-state index in [9.17, 15) is 9.59 Å². The smallest absolute Gasteiger partial charge is 0.235 e. The second-order valence-electron chi connectivity index (χ2n) is 7.64. The van der Waals surface area contributed by atoms with Crippen molar-refractivity contribution in [3.63, 3.8) is 0 Å². The van der Waals surface area contributed by atoms with Gasteiger partial charge in [-0.3, -0.25) is 9.59 Å². The summed E-state index contributed by atoms with van der Waals surface area (Å²) in [6.45, 7) is 5.54. The number of hydrogen-bond donors (Lipinski definition) is 2. The van der Waals surface area contributed by atoms with Crippen molar-refractivity contribution in [2.75, 3.05) is 30.8 Å². The van der Waals surface area contributed by atoms with E-state index >= 15 is 0 Å². The summed E-state index contributed by atoms with van der Waals surface area (Å²) < 4.78 is 0. The van der Waals surface area contributed by atoms with Gasteiger partial charge in [-0.15, -0.1) is 0 Å². The van der Waals surface area contributed by atoms with Crippen LogP contribution in [-0.4, -0.2) is 36.9 Å². The summed E-state index contributed by atoms with van der Waals surface area (Å²) >= 11 is 0. The van der Waals surface area contributed by atoms with E-state index in [-0.39, 0.29) is 11.8 Å². The average molecular weight is 380 g/mol. The molecule has 0 atom stereocenters. The zero-order valence-electron chi connectivity index (χ0n) is 16.9. The highest BCUT2D eigenvalue weighted by atomic mass is 16.2. The number of piperidine rings is 1. The summed E-state index contributed by atoms with van der Waals surface area (Å²) in [5.74, 6) is -0.0222. The molecule has 1 saturated heterocycles. The Morgan fingerprint density at radius 3 is 2.36 bits per heavy atom. The lowest BCUT2D eigenvalue weighted by Gasteiger charge is -2.40. The number of likely N-dealkylation sites (tertiary alicyclic amines) is 1. The van der Waals surface area contributed by atoms with E-state index in [1.807, 2.05) is 50.2 Å². The van der Waals surface area contributed by atoms with Crippen LogP contribution in [0, 0.1) is 6.92 Å². The maximum atomic E-state index is 13.5. The van der Waals surface area contributed by atoms with Gasteiger partial charge in [0.05, 0.1) is 5.41 Å². The van der Waals surface area contributed by atoms with E-state index in [2.05, 4.69) is 34.7 Å². The summed E-state index contributed by atoms with van der Waals surface area (Å²) in [4.78, 5) is 27.5. The minimum Gasteiger partial charge on any atom is -0.326 e. The molecule has 1 heterocycles. The van der Waals surface area contributed by atoms with Crippen molar-refractivity contribution < 1.29 is 9.59 Å². The molecule has 2 aromatic carbocycles. The molecule has 3 rings (SSSR count). The van der Waals surface area contributed by atoms with Crippen LogP contribution < -0.4 is 10.6 Å². The number of nitrogens with one attached hydrogen (secondary N) is 2. The Hall–Kier alpha value is -2.66. The number of amides is 2. The molecule has 0 radical (unpaired) electrons. The van der Waals surface area contributed by atoms with Crippen LogP contribution in [0.5, 0.6) is 0 Å². The van der Waals surface area contributed by atoms with Crippen molar-refractivity contribution in [2.45, 2.75) is 38.5 Å². The van der Waals surface area contributed by atoms with E-state index in [4.69, 9.17) is 0 Å². The standard InChI is InChI=1S/C23H29N3O2/c1-4-21(27)24-19-11-10-17(2)20(16-19)25-22(28)23(12-14-26(3)15-13-23)18-8-6-5-7-9-18/h5-11,16H,4,12-15H2,1-3H3,(H,24,27)(H,25,28). The van der Waals surface area contributed by atoms with Crippen LogP contribution in [0.1, 0.15) is 37.3 Å². The van der Waals surface area contributed by atoms with Gasteiger partial charge in [-0.05, 0) is 63.2 Å². The third-order valence-corrected chi connectivity index (χ3v) is 5.69. The molecule has 5 nitrogen and oxygen atoms in total. The molecular formula is C23H29N3O2. The second-order valence-corrected chi connectivity index (χ2v) is 7.64. The lowest BCUT2D eigenvalue weighted by atomic mass is 9.72. The van der Waals surface area contributed by atoms with Crippen LogP contribution in [0.2, 0.25) is 0 Å². The maximum absolute atomic E-state index is 13.5. The lowest BCUT2D eigenvalue weighted by Crippen LogP contribution is -2.48. The summed E-state index contributed by atoms with van der Waals surface area (Å²) in [5, 5.41) is 6.02. The first-order chi connectivity index (χ1) is 13.4. The number of nitrogens with zero attached hydrogens (tertiary/aromatic N) is 1. The number of anilines is 2.